The second-order valence-electron chi connectivity index (χ2n) is 3.46. The van der Waals surface area contributed by atoms with Crippen molar-refractivity contribution in [2.75, 3.05) is 7.11 Å². The van der Waals surface area contributed by atoms with Crippen molar-refractivity contribution in [2.24, 2.45) is 0 Å². The van der Waals surface area contributed by atoms with E-state index in [1.54, 1.807) is 0 Å². The first-order valence-corrected chi connectivity index (χ1v) is 4.84. The van der Waals surface area contributed by atoms with Gasteiger partial charge in [0.1, 0.15) is 5.75 Å². The molecule has 0 saturated heterocycles. The number of aromatic nitrogens is 1. The number of alkyl halides is 3. The molecule has 2 nitrogen and oxygen atoms in total. The number of halogens is 3. The molecule has 0 aliphatic rings. The third-order valence-electron chi connectivity index (χ3n) is 2.40. The second-order valence-corrected chi connectivity index (χ2v) is 3.46. The van der Waals surface area contributed by atoms with E-state index in [9.17, 15) is 13.2 Å². The minimum atomic E-state index is -4.39. The molecule has 2 aromatic rings. The Hall–Kier alpha value is -1.91. The largest absolute Gasteiger partial charge is 0.670 e. The zero-order valence-electron chi connectivity index (χ0n) is 8.95. The molecule has 0 aliphatic heterocycles. The van der Waals surface area contributed by atoms with Crippen molar-refractivity contribution in [1.82, 2.24) is 4.98 Å². The van der Waals surface area contributed by atoms with E-state index in [0.29, 0.717) is 11.3 Å². The average Bonchev–Trinajstić information content (AvgIpc) is 2.80. The van der Waals surface area contributed by atoms with Gasteiger partial charge in [-0.15, -0.1) is 0 Å². The van der Waals surface area contributed by atoms with Gasteiger partial charge in [-0.1, -0.05) is 6.07 Å². The molecule has 0 amide bonds. The lowest BCUT2D eigenvalue weighted by Gasteiger charge is -2.14. The molecular weight excluding hydrogens is 231 g/mol. The van der Waals surface area contributed by atoms with E-state index in [1.807, 2.05) is 0 Å². The summed E-state index contributed by atoms with van der Waals surface area (Å²) in [5, 5.41) is 0. The molecule has 17 heavy (non-hydrogen) atoms. The molecule has 1 aromatic heterocycles. The number of benzene rings is 1. The van der Waals surface area contributed by atoms with Gasteiger partial charge in [-0.2, -0.15) is 25.6 Å². The Bertz CT molecular complexity index is 503. The van der Waals surface area contributed by atoms with Crippen molar-refractivity contribution in [1.29, 1.82) is 0 Å². The van der Waals surface area contributed by atoms with Crippen molar-refractivity contribution in [3.8, 4) is 16.9 Å². The molecule has 0 saturated carbocycles. The summed E-state index contributed by atoms with van der Waals surface area (Å²) in [4.78, 5) is 3.77. The Morgan fingerprint density at radius 3 is 2.47 bits per heavy atom. The van der Waals surface area contributed by atoms with Gasteiger partial charge in [0.2, 0.25) is 0 Å². The second kappa shape index (κ2) is 4.16. The van der Waals surface area contributed by atoms with Gasteiger partial charge in [0.25, 0.3) is 0 Å². The molecule has 5 heteroatoms. The Labute approximate surface area is 96.0 Å². The summed E-state index contributed by atoms with van der Waals surface area (Å²) in [7, 11) is 1.41. The first-order chi connectivity index (χ1) is 8.02. The fraction of sp³-hybridized carbons (Fsp3) is 0.167. The number of rotatable bonds is 2. The third-order valence-corrected chi connectivity index (χ3v) is 2.40. The fourth-order valence-electron chi connectivity index (χ4n) is 1.59. The quantitative estimate of drug-likeness (QED) is 0.803. The fourth-order valence-corrected chi connectivity index (χ4v) is 1.59. The number of methoxy groups -OCH3 is 1. The average molecular weight is 240 g/mol. The normalized spacial score (nSPS) is 11.5. The molecule has 0 atom stereocenters. The van der Waals surface area contributed by atoms with Gasteiger partial charge in [-0.25, -0.2) is 0 Å². The van der Waals surface area contributed by atoms with E-state index < -0.39 is 11.7 Å². The Kier molecular flexibility index (Phi) is 2.83. The van der Waals surface area contributed by atoms with E-state index >= 15 is 0 Å². The van der Waals surface area contributed by atoms with Crippen LogP contribution < -0.4 is 9.72 Å². The van der Waals surface area contributed by atoms with Crippen LogP contribution in [0.4, 0.5) is 13.2 Å². The Balaban J connectivity index is 2.61. The Morgan fingerprint density at radius 2 is 1.94 bits per heavy atom. The summed E-state index contributed by atoms with van der Waals surface area (Å²) in [5.74, 6) is 0.384. The molecule has 0 bridgehead atoms. The van der Waals surface area contributed by atoms with Crippen molar-refractivity contribution in [3.63, 3.8) is 0 Å². The monoisotopic (exact) mass is 240 g/mol. The van der Waals surface area contributed by atoms with Crippen LogP contribution in [0.15, 0.2) is 36.7 Å². The summed E-state index contributed by atoms with van der Waals surface area (Å²) < 4.78 is 43.4. The standard InChI is InChI=1S/C12H9F3NO/c1-17-9-2-3-11(12(13,14)15)10(6-9)8-4-5-16-7-8/h2-7H,1H3/q-1. The summed E-state index contributed by atoms with van der Waals surface area (Å²) >= 11 is 0. The summed E-state index contributed by atoms with van der Waals surface area (Å²) in [6.07, 6.45) is -1.54. The van der Waals surface area contributed by atoms with Gasteiger partial charge < -0.3 is 9.72 Å². The van der Waals surface area contributed by atoms with Crippen LogP contribution in [-0.4, -0.2) is 7.11 Å². The van der Waals surface area contributed by atoms with Gasteiger partial charge in [0, 0.05) is 0 Å². The third kappa shape index (κ3) is 2.27. The smallest absolute Gasteiger partial charge is 0.417 e. The highest BCUT2D eigenvalue weighted by molar-refractivity contribution is 5.69. The minimum Gasteiger partial charge on any atom is -0.670 e. The maximum atomic E-state index is 12.8. The summed E-state index contributed by atoms with van der Waals surface area (Å²) in [6.45, 7) is 0. The molecule has 1 heterocycles. The van der Waals surface area contributed by atoms with Crippen molar-refractivity contribution >= 4 is 0 Å². The van der Waals surface area contributed by atoms with Gasteiger partial charge in [-0.3, -0.25) is 0 Å². The lowest BCUT2D eigenvalue weighted by molar-refractivity contribution is -0.137. The van der Waals surface area contributed by atoms with E-state index in [4.69, 9.17) is 4.74 Å². The SMILES string of the molecule is COc1ccc(C(F)(F)F)c(-c2cc[n-]c2)c1. The highest BCUT2D eigenvalue weighted by atomic mass is 19.4. The molecule has 0 unspecified atom stereocenters. The van der Waals surface area contributed by atoms with Gasteiger partial charge >= 0.3 is 6.18 Å². The molecule has 0 radical (unpaired) electrons. The highest BCUT2D eigenvalue weighted by Crippen LogP contribution is 2.38. The van der Waals surface area contributed by atoms with Crippen LogP contribution in [0.5, 0.6) is 5.75 Å². The predicted octanol–water partition coefficient (Wildman–Crippen LogP) is 3.34. The maximum absolute atomic E-state index is 12.8. The zero-order valence-corrected chi connectivity index (χ0v) is 8.95. The van der Waals surface area contributed by atoms with Crippen LogP contribution in [0.25, 0.3) is 11.1 Å². The van der Waals surface area contributed by atoms with Crippen LogP contribution in [-0.2, 0) is 6.18 Å². The van der Waals surface area contributed by atoms with E-state index in [1.165, 1.54) is 37.7 Å². The summed E-state index contributed by atoms with van der Waals surface area (Å²) in [5.41, 5.74) is -0.183. The van der Waals surface area contributed by atoms with Gasteiger partial charge in [-0.05, 0) is 29.3 Å². The van der Waals surface area contributed by atoms with Crippen LogP contribution in [0.1, 0.15) is 5.56 Å². The zero-order chi connectivity index (χ0) is 12.5. The number of ether oxygens (including phenoxy) is 1. The topological polar surface area (TPSA) is 23.3 Å². The molecule has 1 aromatic carbocycles. The molecule has 0 N–H and O–H groups in total. The van der Waals surface area contributed by atoms with E-state index in [2.05, 4.69) is 4.98 Å². The first-order valence-electron chi connectivity index (χ1n) is 4.84. The van der Waals surface area contributed by atoms with Gasteiger partial charge in [0.15, 0.2) is 0 Å². The minimum absolute atomic E-state index is 0.0781. The van der Waals surface area contributed by atoms with Crippen LogP contribution in [0.3, 0.4) is 0 Å². The van der Waals surface area contributed by atoms with Crippen LogP contribution in [0, 0.1) is 0 Å². The number of hydrogen-bond donors (Lipinski definition) is 0. The molecule has 2 rings (SSSR count). The Morgan fingerprint density at radius 1 is 1.18 bits per heavy atom. The number of hydrogen-bond acceptors (Lipinski definition) is 1. The highest BCUT2D eigenvalue weighted by Gasteiger charge is 2.33. The van der Waals surface area contributed by atoms with Crippen molar-refractivity contribution in [2.45, 2.75) is 6.18 Å². The number of nitrogens with zero attached hydrogens (tertiary/aromatic N) is 1. The first kappa shape index (κ1) is 11.6. The van der Waals surface area contributed by atoms with Crippen LogP contribution >= 0.6 is 0 Å². The van der Waals surface area contributed by atoms with Gasteiger partial charge in [0.05, 0.1) is 12.7 Å². The van der Waals surface area contributed by atoms with Crippen molar-refractivity contribution < 1.29 is 17.9 Å². The summed E-state index contributed by atoms with van der Waals surface area (Å²) in [6, 6.07) is 5.20. The molecular formula is C12H9F3NO-. The molecule has 90 valence electrons. The van der Waals surface area contributed by atoms with E-state index in [0.717, 1.165) is 6.07 Å². The molecule has 0 aliphatic carbocycles. The predicted molar refractivity (Wildman–Crippen MR) is 56.8 cm³/mol. The van der Waals surface area contributed by atoms with Crippen molar-refractivity contribution in [3.05, 3.63) is 42.2 Å². The molecule has 0 fully saturated rings. The lowest BCUT2D eigenvalue weighted by Crippen LogP contribution is -2.07. The van der Waals surface area contributed by atoms with E-state index in [-0.39, 0.29) is 5.56 Å². The van der Waals surface area contributed by atoms with Crippen LogP contribution in [0.2, 0.25) is 0 Å². The molecule has 0 spiro atoms. The lowest BCUT2D eigenvalue weighted by atomic mass is 10.0. The maximum Gasteiger partial charge on any atom is 0.417 e.